The molecule has 0 aromatic heterocycles. The third-order valence-corrected chi connectivity index (χ3v) is 5.41. The number of ether oxygens (including phenoxy) is 3. The maximum atomic E-state index is 14.8. The summed E-state index contributed by atoms with van der Waals surface area (Å²) in [5.41, 5.74) is 2.45. The van der Waals surface area contributed by atoms with E-state index in [0.717, 1.165) is 5.56 Å². The van der Waals surface area contributed by atoms with Crippen molar-refractivity contribution in [3.8, 4) is 28.0 Å². The molecule has 0 saturated carbocycles. The summed E-state index contributed by atoms with van der Waals surface area (Å²) in [6.07, 6.45) is 2.61. The van der Waals surface area contributed by atoms with Crippen LogP contribution in [0.15, 0.2) is 66.9 Å². The van der Waals surface area contributed by atoms with Crippen LogP contribution in [0.25, 0.3) is 22.3 Å². The third-order valence-electron chi connectivity index (χ3n) is 5.41. The highest BCUT2D eigenvalue weighted by atomic mass is 19.2. The molecule has 166 valence electrons. The van der Waals surface area contributed by atoms with Crippen LogP contribution < -0.4 is 4.74 Å². The Morgan fingerprint density at radius 3 is 2.09 bits per heavy atom. The summed E-state index contributed by atoms with van der Waals surface area (Å²) in [5.74, 6) is -2.63. The van der Waals surface area contributed by atoms with E-state index in [4.69, 9.17) is 14.2 Å². The van der Waals surface area contributed by atoms with Gasteiger partial charge in [-0.1, -0.05) is 42.5 Å². The van der Waals surface area contributed by atoms with E-state index < -0.39 is 11.6 Å². The Hall–Kier alpha value is -3.09. The highest BCUT2D eigenvalue weighted by molar-refractivity contribution is 5.71. The minimum atomic E-state index is -1.06. The summed E-state index contributed by atoms with van der Waals surface area (Å²) >= 11 is 0. The molecule has 3 nitrogen and oxygen atoms in total. The van der Waals surface area contributed by atoms with Gasteiger partial charge in [0.05, 0.1) is 19.5 Å². The second-order valence-corrected chi connectivity index (χ2v) is 7.57. The molecule has 0 aliphatic carbocycles. The van der Waals surface area contributed by atoms with E-state index in [1.807, 2.05) is 13.0 Å². The fraction of sp³-hybridized carbons (Fsp3) is 0.231. The number of allylic oxidation sites excluding steroid dienone is 1. The maximum absolute atomic E-state index is 14.8. The van der Waals surface area contributed by atoms with Gasteiger partial charge in [-0.05, 0) is 48.7 Å². The SMILES string of the molecule is C/C=C\Oc1ccc(-c2ccc(-c3ccc(C4COC(C)OC4)cc3F)cc2)c(F)c1F. The van der Waals surface area contributed by atoms with Crippen LogP contribution in [0.4, 0.5) is 13.2 Å². The molecule has 0 spiro atoms. The van der Waals surface area contributed by atoms with Crippen LogP contribution in [0.3, 0.4) is 0 Å². The molecule has 3 aromatic carbocycles. The van der Waals surface area contributed by atoms with Crippen LogP contribution in [-0.2, 0) is 9.47 Å². The van der Waals surface area contributed by atoms with E-state index in [1.165, 1.54) is 24.5 Å². The summed E-state index contributed by atoms with van der Waals surface area (Å²) in [7, 11) is 0. The zero-order valence-corrected chi connectivity index (χ0v) is 17.8. The third kappa shape index (κ3) is 4.56. The first-order chi connectivity index (χ1) is 15.5. The minimum absolute atomic E-state index is 0.0187. The molecule has 0 N–H and O–H groups in total. The normalized spacial score (nSPS) is 18.8. The molecule has 1 saturated heterocycles. The average Bonchev–Trinajstić information content (AvgIpc) is 2.81. The summed E-state index contributed by atoms with van der Waals surface area (Å²) in [4.78, 5) is 0. The molecule has 1 aliphatic rings. The van der Waals surface area contributed by atoms with Crippen LogP contribution >= 0.6 is 0 Å². The monoisotopic (exact) mass is 440 g/mol. The Morgan fingerprint density at radius 2 is 1.47 bits per heavy atom. The predicted molar refractivity (Wildman–Crippen MR) is 117 cm³/mol. The summed E-state index contributed by atoms with van der Waals surface area (Å²) in [5, 5.41) is 0. The van der Waals surface area contributed by atoms with Gasteiger partial charge in [-0.15, -0.1) is 0 Å². The standard InChI is InChI=1S/C26H23F3O3/c1-3-12-30-24-11-10-22(25(28)26(24)29)18-6-4-17(5-7-18)21-9-8-19(13-23(21)27)20-14-31-16(2)32-15-20/h3-13,16,20H,14-15H2,1-2H3/b12-3-. The zero-order valence-electron chi connectivity index (χ0n) is 17.8. The van der Waals surface area contributed by atoms with E-state index in [9.17, 15) is 13.2 Å². The summed E-state index contributed by atoms with van der Waals surface area (Å²) in [6.45, 7) is 4.50. The van der Waals surface area contributed by atoms with Gasteiger partial charge in [-0.25, -0.2) is 8.78 Å². The van der Waals surface area contributed by atoms with E-state index in [0.29, 0.717) is 29.9 Å². The first-order valence-corrected chi connectivity index (χ1v) is 10.4. The van der Waals surface area contributed by atoms with Crippen LogP contribution in [0.1, 0.15) is 25.3 Å². The molecule has 4 rings (SSSR count). The lowest BCUT2D eigenvalue weighted by Crippen LogP contribution is -2.28. The van der Waals surface area contributed by atoms with Crippen molar-refractivity contribution in [1.29, 1.82) is 0 Å². The Balaban J connectivity index is 1.56. The second kappa shape index (κ2) is 9.59. The zero-order chi connectivity index (χ0) is 22.7. The topological polar surface area (TPSA) is 27.7 Å². The van der Waals surface area contributed by atoms with Crippen molar-refractivity contribution >= 4 is 0 Å². The van der Waals surface area contributed by atoms with Gasteiger partial charge < -0.3 is 14.2 Å². The Morgan fingerprint density at radius 1 is 0.844 bits per heavy atom. The smallest absolute Gasteiger partial charge is 0.201 e. The fourth-order valence-electron chi connectivity index (χ4n) is 3.63. The second-order valence-electron chi connectivity index (χ2n) is 7.57. The lowest BCUT2D eigenvalue weighted by molar-refractivity contribution is -0.176. The molecule has 32 heavy (non-hydrogen) atoms. The van der Waals surface area contributed by atoms with Gasteiger partial charge in [0.1, 0.15) is 5.82 Å². The van der Waals surface area contributed by atoms with Crippen LogP contribution in [0.5, 0.6) is 5.75 Å². The number of halogens is 3. The summed E-state index contributed by atoms with van der Waals surface area (Å²) in [6, 6.07) is 14.5. The van der Waals surface area contributed by atoms with Crippen molar-refractivity contribution in [1.82, 2.24) is 0 Å². The van der Waals surface area contributed by atoms with Gasteiger partial charge in [0, 0.05) is 17.0 Å². The highest BCUT2D eigenvalue weighted by Crippen LogP contribution is 2.33. The molecule has 0 bridgehead atoms. The quantitative estimate of drug-likeness (QED) is 0.407. The molecule has 0 atom stereocenters. The molecule has 1 heterocycles. The van der Waals surface area contributed by atoms with Gasteiger partial charge in [-0.2, -0.15) is 4.39 Å². The van der Waals surface area contributed by atoms with Gasteiger partial charge >= 0.3 is 0 Å². The molecule has 0 radical (unpaired) electrons. The molecule has 6 heteroatoms. The highest BCUT2D eigenvalue weighted by Gasteiger charge is 2.22. The largest absolute Gasteiger partial charge is 0.462 e. The molecule has 0 unspecified atom stereocenters. The molecule has 1 fully saturated rings. The molecule has 1 aliphatic heterocycles. The maximum Gasteiger partial charge on any atom is 0.201 e. The molecular formula is C26H23F3O3. The summed E-state index contributed by atoms with van der Waals surface area (Å²) < 4.78 is 59.7. The van der Waals surface area contributed by atoms with Gasteiger partial charge in [0.2, 0.25) is 5.82 Å². The van der Waals surface area contributed by atoms with Crippen LogP contribution in [0.2, 0.25) is 0 Å². The number of benzene rings is 3. The van der Waals surface area contributed by atoms with Crippen molar-refractivity contribution in [2.24, 2.45) is 0 Å². The number of rotatable bonds is 5. The van der Waals surface area contributed by atoms with Gasteiger partial charge in [0.25, 0.3) is 0 Å². The average molecular weight is 440 g/mol. The first-order valence-electron chi connectivity index (χ1n) is 10.4. The Kier molecular flexibility index (Phi) is 6.63. The molecule has 3 aromatic rings. The molecular weight excluding hydrogens is 417 g/mol. The van der Waals surface area contributed by atoms with Gasteiger partial charge in [0.15, 0.2) is 17.9 Å². The van der Waals surface area contributed by atoms with E-state index in [2.05, 4.69) is 0 Å². The predicted octanol–water partition coefficient (Wildman–Crippen LogP) is 6.83. The van der Waals surface area contributed by atoms with Crippen LogP contribution in [-0.4, -0.2) is 19.5 Å². The Bertz CT molecular complexity index is 1120. The number of hydrogen-bond acceptors (Lipinski definition) is 3. The minimum Gasteiger partial charge on any atom is -0.462 e. The van der Waals surface area contributed by atoms with Crippen molar-refractivity contribution < 1.29 is 27.4 Å². The van der Waals surface area contributed by atoms with E-state index in [1.54, 1.807) is 43.3 Å². The fourth-order valence-corrected chi connectivity index (χ4v) is 3.63. The number of hydrogen-bond donors (Lipinski definition) is 0. The Labute approximate surface area is 185 Å². The van der Waals surface area contributed by atoms with Crippen molar-refractivity contribution in [3.63, 3.8) is 0 Å². The molecule has 0 amide bonds. The lowest BCUT2D eigenvalue weighted by Gasteiger charge is -2.27. The van der Waals surface area contributed by atoms with Crippen molar-refractivity contribution in [3.05, 3.63) is 90.0 Å². The van der Waals surface area contributed by atoms with E-state index >= 15 is 0 Å². The van der Waals surface area contributed by atoms with Crippen LogP contribution in [0, 0.1) is 17.5 Å². The lowest BCUT2D eigenvalue weighted by atomic mass is 9.95. The first kappa shape index (κ1) is 22.1. The van der Waals surface area contributed by atoms with E-state index in [-0.39, 0.29) is 29.3 Å². The van der Waals surface area contributed by atoms with Crippen molar-refractivity contribution in [2.45, 2.75) is 26.1 Å². The van der Waals surface area contributed by atoms with Crippen molar-refractivity contribution in [2.75, 3.05) is 13.2 Å². The van der Waals surface area contributed by atoms with Gasteiger partial charge in [-0.3, -0.25) is 0 Å².